The maximum atomic E-state index is 12.0. The van der Waals surface area contributed by atoms with Gasteiger partial charge < -0.3 is 10.4 Å². The van der Waals surface area contributed by atoms with Crippen molar-refractivity contribution in [1.82, 2.24) is 5.32 Å². The van der Waals surface area contributed by atoms with Crippen LogP contribution in [0.1, 0.15) is 27.9 Å². The molecule has 3 nitrogen and oxygen atoms in total. The number of hydrogen-bond donors (Lipinski definition) is 2. The molecule has 0 aliphatic heterocycles. The van der Waals surface area contributed by atoms with E-state index >= 15 is 0 Å². The number of aliphatic hydroxyl groups excluding tert-OH is 1. The maximum absolute atomic E-state index is 12.0. The fourth-order valence-corrected chi connectivity index (χ4v) is 2.27. The lowest BCUT2D eigenvalue weighted by Gasteiger charge is -2.10. The number of carbonyl (C=O) groups is 1. The Balaban J connectivity index is 1.96. The fourth-order valence-electron chi connectivity index (χ4n) is 2.27. The maximum Gasteiger partial charge on any atom is 0.251 e. The molecule has 1 amide bonds. The Bertz CT molecular complexity index is 408. The van der Waals surface area contributed by atoms with Crippen LogP contribution in [0.4, 0.5) is 0 Å². The predicted octanol–water partition coefficient (Wildman–Crippen LogP) is 1.66. The second kappa shape index (κ2) is 4.88. The van der Waals surface area contributed by atoms with Gasteiger partial charge in [-0.05, 0) is 43.2 Å². The van der Waals surface area contributed by atoms with Gasteiger partial charge in [0.05, 0.1) is 0 Å². The summed E-state index contributed by atoms with van der Waals surface area (Å²) in [5, 5.41) is 11.9. The molecule has 0 bridgehead atoms. The summed E-state index contributed by atoms with van der Waals surface area (Å²) >= 11 is 0. The van der Waals surface area contributed by atoms with Crippen molar-refractivity contribution in [3.05, 3.63) is 34.9 Å². The summed E-state index contributed by atoms with van der Waals surface area (Å²) in [6.45, 7) is 4.83. The Kier molecular flexibility index (Phi) is 3.48. The summed E-state index contributed by atoms with van der Waals surface area (Å²) in [6.07, 6.45) is 1.03. The molecule has 92 valence electrons. The Morgan fingerprint density at radius 3 is 2.53 bits per heavy atom. The molecule has 2 N–H and O–H groups in total. The second-order valence-electron chi connectivity index (χ2n) is 4.92. The number of rotatable bonds is 4. The highest BCUT2D eigenvalue weighted by atomic mass is 16.3. The zero-order valence-electron chi connectivity index (χ0n) is 10.4. The summed E-state index contributed by atoms with van der Waals surface area (Å²) in [5.74, 6) is 0.866. The van der Waals surface area contributed by atoms with Crippen LogP contribution in [0.5, 0.6) is 0 Å². The topological polar surface area (TPSA) is 49.3 Å². The van der Waals surface area contributed by atoms with Gasteiger partial charge in [-0.15, -0.1) is 0 Å². The second-order valence-corrected chi connectivity index (χ2v) is 4.92. The van der Waals surface area contributed by atoms with E-state index < -0.39 is 0 Å². The standard InChI is InChI=1S/C14H19NO2/c1-9-4-3-5-10(2)13(9)14(17)15-7-11-6-12(11)8-16/h3-5,11-12,16H,6-8H2,1-2H3,(H,15,17). The summed E-state index contributed by atoms with van der Waals surface area (Å²) in [5.41, 5.74) is 2.81. The lowest BCUT2D eigenvalue weighted by Crippen LogP contribution is -2.27. The highest BCUT2D eigenvalue weighted by molar-refractivity contribution is 5.97. The quantitative estimate of drug-likeness (QED) is 0.831. The van der Waals surface area contributed by atoms with Crippen LogP contribution in [-0.2, 0) is 0 Å². The first-order valence-electron chi connectivity index (χ1n) is 6.08. The van der Waals surface area contributed by atoms with Crippen LogP contribution in [0.15, 0.2) is 18.2 Å². The number of nitrogens with one attached hydrogen (secondary N) is 1. The molecule has 0 heterocycles. The predicted molar refractivity (Wildman–Crippen MR) is 66.9 cm³/mol. The third-order valence-electron chi connectivity index (χ3n) is 3.54. The molecule has 2 rings (SSSR count). The zero-order chi connectivity index (χ0) is 12.4. The third kappa shape index (κ3) is 2.67. The van der Waals surface area contributed by atoms with Gasteiger partial charge in [0.2, 0.25) is 0 Å². The molecule has 17 heavy (non-hydrogen) atoms. The largest absolute Gasteiger partial charge is 0.396 e. The number of carbonyl (C=O) groups excluding carboxylic acids is 1. The van der Waals surface area contributed by atoms with Crippen LogP contribution < -0.4 is 5.32 Å². The Morgan fingerprint density at radius 2 is 2.00 bits per heavy atom. The Hall–Kier alpha value is -1.35. The van der Waals surface area contributed by atoms with Gasteiger partial charge in [0.25, 0.3) is 5.91 Å². The summed E-state index contributed by atoms with van der Waals surface area (Å²) in [6, 6.07) is 5.87. The lowest BCUT2D eigenvalue weighted by molar-refractivity contribution is 0.0949. The van der Waals surface area contributed by atoms with E-state index in [9.17, 15) is 4.79 Å². The third-order valence-corrected chi connectivity index (χ3v) is 3.54. The van der Waals surface area contributed by atoms with Crippen LogP contribution in [0.2, 0.25) is 0 Å². The average molecular weight is 233 g/mol. The van der Waals surface area contributed by atoms with E-state index in [0.29, 0.717) is 18.4 Å². The molecule has 3 heteroatoms. The number of hydrogen-bond acceptors (Lipinski definition) is 2. The van der Waals surface area contributed by atoms with Crippen LogP contribution in [0, 0.1) is 25.7 Å². The van der Waals surface area contributed by atoms with Crippen molar-refractivity contribution in [3.63, 3.8) is 0 Å². The van der Waals surface area contributed by atoms with Gasteiger partial charge in [0, 0.05) is 18.7 Å². The molecule has 0 spiro atoms. The van der Waals surface area contributed by atoms with Gasteiger partial charge in [-0.25, -0.2) is 0 Å². The molecule has 1 fully saturated rings. The first-order valence-corrected chi connectivity index (χ1v) is 6.08. The highest BCUT2D eigenvalue weighted by Crippen LogP contribution is 2.37. The number of amides is 1. The molecule has 0 aromatic heterocycles. The van der Waals surface area contributed by atoms with E-state index in [2.05, 4.69) is 5.32 Å². The van der Waals surface area contributed by atoms with Crippen LogP contribution in [0.25, 0.3) is 0 Å². The van der Waals surface area contributed by atoms with Gasteiger partial charge in [-0.3, -0.25) is 4.79 Å². The molecule has 2 atom stereocenters. The van der Waals surface area contributed by atoms with Crippen LogP contribution in [0.3, 0.4) is 0 Å². The van der Waals surface area contributed by atoms with Gasteiger partial charge >= 0.3 is 0 Å². The molecule has 0 radical (unpaired) electrons. The van der Waals surface area contributed by atoms with E-state index in [0.717, 1.165) is 23.1 Å². The molecular formula is C14H19NO2. The normalized spacial score (nSPS) is 22.3. The minimum absolute atomic E-state index is 0.00388. The average Bonchev–Trinajstić information content (AvgIpc) is 3.04. The molecule has 2 unspecified atom stereocenters. The SMILES string of the molecule is Cc1cccc(C)c1C(=O)NCC1CC1CO. The fraction of sp³-hybridized carbons (Fsp3) is 0.500. The first kappa shape index (κ1) is 12.1. The van der Waals surface area contributed by atoms with Gasteiger partial charge in [0.15, 0.2) is 0 Å². The molecule has 1 saturated carbocycles. The summed E-state index contributed by atoms with van der Waals surface area (Å²) in [7, 11) is 0. The first-order chi connectivity index (χ1) is 8.13. The Labute approximate surface area is 102 Å². The number of aliphatic hydroxyl groups is 1. The van der Waals surface area contributed by atoms with E-state index in [1.807, 2.05) is 32.0 Å². The summed E-state index contributed by atoms with van der Waals surface area (Å²) in [4.78, 5) is 12.0. The molecule has 0 saturated heterocycles. The van der Waals surface area contributed by atoms with Crippen molar-refractivity contribution in [3.8, 4) is 0 Å². The molecule has 1 aliphatic rings. The van der Waals surface area contributed by atoms with E-state index in [1.165, 1.54) is 0 Å². The number of aryl methyl sites for hydroxylation is 2. The molecule has 1 aromatic rings. The van der Waals surface area contributed by atoms with Gasteiger partial charge in [0.1, 0.15) is 0 Å². The van der Waals surface area contributed by atoms with Crippen molar-refractivity contribution in [2.75, 3.05) is 13.2 Å². The van der Waals surface area contributed by atoms with Gasteiger partial charge in [-0.1, -0.05) is 18.2 Å². The van der Waals surface area contributed by atoms with Crippen molar-refractivity contribution in [2.45, 2.75) is 20.3 Å². The highest BCUT2D eigenvalue weighted by Gasteiger charge is 2.36. The van der Waals surface area contributed by atoms with Crippen molar-refractivity contribution in [2.24, 2.45) is 11.8 Å². The van der Waals surface area contributed by atoms with Crippen molar-refractivity contribution >= 4 is 5.91 Å². The van der Waals surface area contributed by atoms with Crippen LogP contribution in [-0.4, -0.2) is 24.2 Å². The monoisotopic (exact) mass is 233 g/mol. The van der Waals surface area contributed by atoms with E-state index in [4.69, 9.17) is 5.11 Å². The van der Waals surface area contributed by atoms with E-state index in [-0.39, 0.29) is 12.5 Å². The smallest absolute Gasteiger partial charge is 0.251 e. The molecule has 1 aromatic carbocycles. The van der Waals surface area contributed by atoms with E-state index in [1.54, 1.807) is 0 Å². The lowest BCUT2D eigenvalue weighted by atomic mass is 10.0. The zero-order valence-corrected chi connectivity index (χ0v) is 10.4. The van der Waals surface area contributed by atoms with Crippen molar-refractivity contribution < 1.29 is 9.90 Å². The number of benzene rings is 1. The minimum atomic E-state index is 0.00388. The molecule has 1 aliphatic carbocycles. The summed E-state index contributed by atoms with van der Waals surface area (Å²) < 4.78 is 0. The van der Waals surface area contributed by atoms with Gasteiger partial charge in [-0.2, -0.15) is 0 Å². The molecular weight excluding hydrogens is 214 g/mol. The van der Waals surface area contributed by atoms with Crippen molar-refractivity contribution in [1.29, 1.82) is 0 Å². The van der Waals surface area contributed by atoms with Crippen LogP contribution >= 0.6 is 0 Å². The minimum Gasteiger partial charge on any atom is -0.396 e. The Morgan fingerprint density at radius 1 is 1.35 bits per heavy atom.